The number of pyridine rings is 1. The van der Waals surface area contributed by atoms with Gasteiger partial charge >= 0.3 is 12.0 Å². The minimum Gasteiger partial charge on any atom is -0.496 e. The highest BCUT2D eigenvalue weighted by Gasteiger charge is 2.43. The molecule has 0 saturated carbocycles. The van der Waals surface area contributed by atoms with Crippen LogP contribution in [-0.2, 0) is 16.1 Å². The number of cyclic esters (lactones) is 1. The largest absolute Gasteiger partial charge is 0.496 e. The predicted molar refractivity (Wildman–Crippen MR) is 108 cm³/mol. The van der Waals surface area contributed by atoms with Gasteiger partial charge in [0.2, 0.25) is 0 Å². The average molecular weight is 409 g/mol. The molecule has 2 aliphatic rings. The van der Waals surface area contributed by atoms with Crippen molar-refractivity contribution in [1.82, 2.24) is 15.2 Å². The van der Waals surface area contributed by atoms with Crippen LogP contribution in [0.5, 0.6) is 11.5 Å². The molecule has 2 amide bonds. The van der Waals surface area contributed by atoms with Gasteiger partial charge in [0.25, 0.3) is 0 Å². The maximum atomic E-state index is 13.1. The second kappa shape index (κ2) is 7.70. The monoisotopic (exact) mass is 409 g/mol. The number of nitrogens with zero attached hydrogens (tertiary/aromatic N) is 2. The summed E-state index contributed by atoms with van der Waals surface area (Å²) in [6.07, 6.45) is 1.71. The van der Waals surface area contributed by atoms with Crippen LogP contribution in [0.1, 0.15) is 28.4 Å². The Kier molecular flexibility index (Phi) is 5.07. The predicted octanol–water partition coefficient (Wildman–Crippen LogP) is 2.79. The van der Waals surface area contributed by atoms with Gasteiger partial charge in [-0.1, -0.05) is 18.2 Å². The van der Waals surface area contributed by atoms with Crippen molar-refractivity contribution in [2.45, 2.75) is 26.4 Å². The third kappa shape index (κ3) is 3.14. The van der Waals surface area contributed by atoms with Gasteiger partial charge in [0.1, 0.15) is 18.1 Å². The summed E-state index contributed by atoms with van der Waals surface area (Å²) in [6.45, 7) is 4.05. The molecule has 0 saturated heterocycles. The van der Waals surface area contributed by atoms with E-state index in [4.69, 9.17) is 14.2 Å². The number of methoxy groups -OCH3 is 2. The number of esters is 1. The van der Waals surface area contributed by atoms with Crippen LogP contribution >= 0.6 is 0 Å². The summed E-state index contributed by atoms with van der Waals surface area (Å²) in [4.78, 5) is 31.6. The van der Waals surface area contributed by atoms with Crippen molar-refractivity contribution in [2.24, 2.45) is 0 Å². The van der Waals surface area contributed by atoms with E-state index >= 15 is 0 Å². The molecular weight excluding hydrogens is 386 g/mol. The van der Waals surface area contributed by atoms with E-state index in [0.29, 0.717) is 28.3 Å². The third-order valence-corrected chi connectivity index (χ3v) is 5.51. The van der Waals surface area contributed by atoms with Crippen molar-refractivity contribution in [1.29, 1.82) is 0 Å². The van der Waals surface area contributed by atoms with E-state index in [1.165, 1.54) is 4.90 Å². The zero-order chi connectivity index (χ0) is 21.4. The van der Waals surface area contributed by atoms with Gasteiger partial charge in [-0.15, -0.1) is 0 Å². The van der Waals surface area contributed by atoms with E-state index in [2.05, 4.69) is 10.3 Å². The standard InChI is InChI=1S/C22H23N3O5/c1-12-9-23-15(13(2)20(12)29-4)10-25-16-11-30-21(26)18(16)19(24-22(25)27)14-7-5-6-8-17(14)28-3/h5-9,19H,10-11H2,1-4H3,(H,24,27). The lowest BCUT2D eigenvalue weighted by Gasteiger charge is -2.33. The van der Waals surface area contributed by atoms with Gasteiger partial charge in [0.05, 0.1) is 43.8 Å². The van der Waals surface area contributed by atoms with Crippen molar-refractivity contribution < 1.29 is 23.8 Å². The highest BCUT2D eigenvalue weighted by atomic mass is 16.5. The van der Waals surface area contributed by atoms with Crippen LogP contribution in [0.2, 0.25) is 0 Å². The number of benzene rings is 1. The summed E-state index contributed by atoms with van der Waals surface area (Å²) in [5.41, 5.74) is 4.11. The molecule has 8 heteroatoms. The van der Waals surface area contributed by atoms with Gasteiger partial charge in [-0.25, -0.2) is 9.59 Å². The molecule has 8 nitrogen and oxygen atoms in total. The minimum absolute atomic E-state index is 0.0370. The first-order valence-electron chi connectivity index (χ1n) is 9.56. The maximum absolute atomic E-state index is 13.1. The zero-order valence-electron chi connectivity index (χ0n) is 17.3. The van der Waals surface area contributed by atoms with Crippen LogP contribution in [0, 0.1) is 13.8 Å². The molecule has 1 atom stereocenters. The van der Waals surface area contributed by atoms with Crippen molar-refractivity contribution in [3.63, 3.8) is 0 Å². The topological polar surface area (TPSA) is 90.0 Å². The normalized spacial score (nSPS) is 18.1. The lowest BCUT2D eigenvalue weighted by molar-refractivity contribution is -0.136. The molecule has 2 aliphatic heterocycles. The summed E-state index contributed by atoms with van der Waals surface area (Å²) in [6, 6.07) is 6.32. The number of ether oxygens (including phenoxy) is 3. The fourth-order valence-corrected chi connectivity index (χ4v) is 4.00. The number of para-hydroxylation sites is 1. The Bertz CT molecular complexity index is 1060. The molecule has 0 aliphatic carbocycles. The van der Waals surface area contributed by atoms with Gasteiger partial charge in [-0.05, 0) is 19.9 Å². The lowest BCUT2D eigenvalue weighted by Crippen LogP contribution is -2.47. The van der Waals surface area contributed by atoms with Crippen LogP contribution < -0.4 is 14.8 Å². The van der Waals surface area contributed by atoms with Crippen LogP contribution in [0.4, 0.5) is 4.79 Å². The van der Waals surface area contributed by atoms with E-state index in [9.17, 15) is 9.59 Å². The molecule has 30 heavy (non-hydrogen) atoms. The number of hydrogen-bond donors (Lipinski definition) is 1. The number of carbonyl (C=O) groups excluding carboxylic acids is 2. The number of aromatic nitrogens is 1. The van der Waals surface area contributed by atoms with E-state index in [0.717, 1.165) is 16.9 Å². The molecule has 156 valence electrons. The van der Waals surface area contributed by atoms with Crippen LogP contribution in [0.25, 0.3) is 0 Å². The molecular formula is C22H23N3O5. The number of nitrogens with one attached hydrogen (secondary N) is 1. The fourth-order valence-electron chi connectivity index (χ4n) is 4.00. The number of amides is 2. The second-order valence-corrected chi connectivity index (χ2v) is 7.19. The summed E-state index contributed by atoms with van der Waals surface area (Å²) >= 11 is 0. The molecule has 0 spiro atoms. The number of urea groups is 1. The first-order valence-corrected chi connectivity index (χ1v) is 9.56. The smallest absolute Gasteiger partial charge is 0.338 e. The maximum Gasteiger partial charge on any atom is 0.338 e. The Hall–Kier alpha value is -3.55. The van der Waals surface area contributed by atoms with E-state index < -0.39 is 12.0 Å². The second-order valence-electron chi connectivity index (χ2n) is 7.19. The van der Waals surface area contributed by atoms with Crippen LogP contribution in [0.3, 0.4) is 0 Å². The summed E-state index contributed by atoms with van der Waals surface area (Å²) in [5, 5.41) is 2.93. The molecule has 4 rings (SSSR count). The molecule has 1 unspecified atom stereocenters. The van der Waals surface area contributed by atoms with Crippen molar-refractivity contribution in [3.05, 3.63) is 64.1 Å². The molecule has 1 aromatic carbocycles. The summed E-state index contributed by atoms with van der Waals surface area (Å²) in [7, 11) is 3.16. The van der Waals surface area contributed by atoms with Gasteiger partial charge < -0.3 is 19.5 Å². The number of carbonyl (C=O) groups is 2. The average Bonchev–Trinajstić information content (AvgIpc) is 3.13. The molecule has 2 aromatic rings. The van der Waals surface area contributed by atoms with Crippen molar-refractivity contribution in [2.75, 3.05) is 20.8 Å². The van der Waals surface area contributed by atoms with Crippen LogP contribution in [-0.4, -0.2) is 42.7 Å². The van der Waals surface area contributed by atoms with Gasteiger partial charge in [-0.3, -0.25) is 9.88 Å². The molecule has 0 radical (unpaired) electrons. The van der Waals surface area contributed by atoms with Crippen molar-refractivity contribution >= 4 is 12.0 Å². The van der Waals surface area contributed by atoms with Crippen molar-refractivity contribution in [3.8, 4) is 11.5 Å². The quantitative estimate of drug-likeness (QED) is 0.764. The third-order valence-electron chi connectivity index (χ3n) is 5.51. The lowest BCUT2D eigenvalue weighted by atomic mass is 9.95. The Balaban J connectivity index is 1.76. The number of hydrogen-bond acceptors (Lipinski definition) is 6. The molecule has 1 N–H and O–H groups in total. The van der Waals surface area contributed by atoms with E-state index in [1.807, 2.05) is 32.0 Å². The first-order chi connectivity index (χ1) is 14.5. The Morgan fingerprint density at radius 3 is 2.70 bits per heavy atom. The summed E-state index contributed by atoms with van der Waals surface area (Å²) in [5.74, 6) is 0.873. The first kappa shape index (κ1) is 19.8. The SMILES string of the molecule is COc1ccccc1C1NC(=O)N(Cc2ncc(C)c(OC)c2C)C2=C1C(=O)OC2. The molecule has 0 fully saturated rings. The van der Waals surface area contributed by atoms with E-state index in [1.54, 1.807) is 26.5 Å². The summed E-state index contributed by atoms with van der Waals surface area (Å²) < 4.78 is 16.2. The molecule has 0 bridgehead atoms. The highest BCUT2D eigenvalue weighted by Crippen LogP contribution is 2.39. The van der Waals surface area contributed by atoms with Crippen LogP contribution in [0.15, 0.2) is 41.7 Å². The number of aryl methyl sites for hydroxylation is 1. The zero-order valence-corrected chi connectivity index (χ0v) is 17.3. The minimum atomic E-state index is -0.642. The molecule has 3 heterocycles. The Morgan fingerprint density at radius 1 is 1.20 bits per heavy atom. The highest BCUT2D eigenvalue weighted by molar-refractivity contribution is 5.97. The van der Waals surface area contributed by atoms with Gasteiger partial charge in [0.15, 0.2) is 0 Å². The molecule has 1 aromatic heterocycles. The van der Waals surface area contributed by atoms with Gasteiger partial charge in [0, 0.05) is 22.9 Å². The fraction of sp³-hybridized carbons (Fsp3) is 0.318. The number of rotatable bonds is 5. The Labute approximate surface area is 174 Å². The van der Waals surface area contributed by atoms with Gasteiger partial charge in [-0.2, -0.15) is 0 Å². The Morgan fingerprint density at radius 2 is 1.97 bits per heavy atom. The van der Waals surface area contributed by atoms with E-state index in [-0.39, 0.29) is 19.2 Å².